The lowest BCUT2D eigenvalue weighted by atomic mass is 9.95. The van der Waals surface area contributed by atoms with Gasteiger partial charge in [0, 0.05) is 13.5 Å². The van der Waals surface area contributed by atoms with Crippen LogP contribution in [-0.2, 0) is 23.1 Å². The van der Waals surface area contributed by atoms with E-state index in [1.807, 2.05) is 45.0 Å². The van der Waals surface area contributed by atoms with Crippen molar-refractivity contribution in [2.45, 2.75) is 94.3 Å². The van der Waals surface area contributed by atoms with E-state index in [1.165, 1.54) is 9.80 Å². The molecule has 0 unspecified atom stereocenters. The summed E-state index contributed by atoms with van der Waals surface area (Å²) in [6.45, 7) is 16.2. The highest BCUT2D eigenvalue weighted by Gasteiger charge is 2.67. The molecule has 3 heterocycles. The molecule has 0 bridgehead atoms. The highest BCUT2D eigenvalue weighted by atomic mass is 79.9. The standard InChI is InChI=1S/C26H38BrN3O5Si/c1-24(2,3)35-23(33)30-17-13-11-10-12-16(17)26(27)14-18-20(31)28(7)19(21(32)29(18)22(26)30)15-34-36(8,9)25(4,5)6/h10-13,18-19,22H,14-15H2,1-9H3/t18-,19-,22+,26+/m0/s1. The van der Waals surface area contributed by atoms with Crippen LogP contribution in [0.3, 0.4) is 0 Å². The molecule has 3 aliphatic rings. The first-order valence-corrected chi connectivity index (χ1v) is 16.1. The second-order valence-electron chi connectivity index (χ2n) is 12.6. The number of anilines is 1. The maximum atomic E-state index is 14.1. The number of piperazine rings is 1. The molecule has 36 heavy (non-hydrogen) atoms. The van der Waals surface area contributed by atoms with E-state index in [2.05, 4.69) is 49.8 Å². The Bertz CT molecular complexity index is 1100. The second-order valence-corrected chi connectivity index (χ2v) is 18.8. The Balaban J connectivity index is 1.73. The second kappa shape index (κ2) is 8.56. The Labute approximate surface area is 223 Å². The van der Waals surface area contributed by atoms with E-state index in [0.717, 1.165) is 5.56 Å². The zero-order chi connectivity index (χ0) is 27.0. The number of nitrogens with zero attached hydrogens (tertiary/aromatic N) is 3. The Kier molecular flexibility index (Phi) is 6.45. The van der Waals surface area contributed by atoms with E-state index < -0.39 is 42.6 Å². The van der Waals surface area contributed by atoms with Crippen LogP contribution in [0.15, 0.2) is 24.3 Å². The molecular weight excluding hydrogens is 542 g/mol. The van der Waals surface area contributed by atoms with Crippen LogP contribution < -0.4 is 4.90 Å². The van der Waals surface area contributed by atoms with Gasteiger partial charge in [-0.3, -0.25) is 14.5 Å². The molecule has 198 valence electrons. The Morgan fingerprint density at radius 3 is 2.31 bits per heavy atom. The molecule has 4 rings (SSSR count). The predicted octanol–water partition coefficient (Wildman–Crippen LogP) is 4.82. The quantitative estimate of drug-likeness (QED) is 0.379. The number of fused-ring (bicyclic) bond motifs is 5. The summed E-state index contributed by atoms with van der Waals surface area (Å²) in [6, 6.07) is 6.11. The average Bonchev–Trinajstić information content (AvgIpc) is 3.17. The summed E-state index contributed by atoms with van der Waals surface area (Å²) in [4.78, 5) is 45.9. The lowest BCUT2D eigenvalue weighted by Gasteiger charge is -2.45. The van der Waals surface area contributed by atoms with Crippen molar-refractivity contribution < 1.29 is 23.5 Å². The normalized spacial score (nSPS) is 28.3. The van der Waals surface area contributed by atoms with Crippen LogP contribution >= 0.6 is 15.9 Å². The lowest BCUT2D eigenvalue weighted by Crippen LogP contribution is -2.67. The number of hydrogen-bond acceptors (Lipinski definition) is 5. The third kappa shape index (κ3) is 4.18. The van der Waals surface area contributed by atoms with Crippen LogP contribution in [0.2, 0.25) is 18.1 Å². The van der Waals surface area contributed by atoms with Crippen molar-refractivity contribution in [1.82, 2.24) is 9.80 Å². The first-order chi connectivity index (χ1) is 16.4. The van der Waals surface area contributed by atoms with E-state index >= 15 is 0 Å². The topological polar surface area (TPSA) is 79.4 Å². The predicted molar refractivity (Wildman–Crippen MR) is 145 cm³/mol. The summed E-state index contributed by atoms with van der Waals surface area (Å²) >= 11 is 3.90. The fourth-order valence-corrected chi connectivity index (χ4v) is 7.10. The van der Waals surface area contributed by atoms with Crippen molar-refractivity contribution >= 4 is 47.8 Å². The number of likely N-dealkylation sites (N-methyl/N-ethyl adjacent to an activating group) is 1. The summed E-state index contributed by atoms with van der Waals surface area (Å²) < 4.78 is 11.4. The molecule has 3 aliphatic heterocycles. The molecular formula is C26H38BrN3O5Si. The molecule has 0 N–H and O–H groups in total. The van der Waals surface area contributed by atoms with Crippen LogP contribution in [-0.4, -0.2) is 73.5 Å². The number of alkyl halides is 1. The van der Waals surface area contributed by atoms with Crippen molar-refractivity contribution in [2.24, 2.45) is 0 Å². The van der Waals surface area contributed by atoms with Crippen molar-refractivity contribution in [3.63, 3.8) is 0 Å². The van der Waals surface area contributed by atoms with Gasteiger partial charge in [0.1, 0.15) is 23.9 Å². The number of amides is 3. The van der Waals surface area contributed by atoms with Gasteiger partial charge in [0.2, 0.25) is 11.8 Å². The summed E-state index contributed by atoms with van der Waals surface area (Å²) in [5.41, 5.74) is 0.830. The Morgan fingerprint density at radius 1 is 1.11 bits per heavy atom. The molecule has 10 heteroatoms. The van der Waals surface area contributed by atoms with Crippen LogP contribution in [0.4, 0.5) is 10.5 Å². The fraction of sp³-hybridized carbons (Fsp3) is 0.654. The smallest absolute Gasteiger partial charge is 0.416 e. The van der Waals surface area contributed by atoms with E-state index in [9.17, 15) is 14.4 Å². The lowest BCUT2D eigenvalue weighted by molar-refractivity contribution is -0.161. The fourth-order valence-electron chi connectivity index (χ4n) is 5.02. The van der Waals surface area contributed by atoms with Crippen molar-refractivity contribution in [3.8, 4) is 0 Å². The van der Waals surface area contributed by atoms with Gasteiger partial charge in [-0.2, -0.15) is 0 Å². The summed E-state index contributed by atoms with van der Waals surface area (Å²) in [7, 11) is -0.485. The van der Waals surface area contributed by atoms with Gasteiger partial charge in [-0.1, -0.05) is 54.9 Å². The van der Waals surface area contributed by atoms with Gasteiger partial charge in [-0.05, 0) is 50.5 Å². The number of halogens is 1. The molecule has 0 aromatic heterocycles. The molecule has 8 nitrogen and oxygen atoms in total. The van der Waals surface area contributed by atoms with E-state index in [-0.39, 0.29) is 23.5 Å². The van der Waals surface area contributed by atoms with Crippen LogP contribution in [0, 0.1) is 0 Å². The SMILES string of the molecule is CN1C(=O)[C@@H]2C[C@@]3(Br)c4ccccc4N(C(=O)OC(C)(C)C)[C@H]3N2C(=O)[C@@H]1CO[Si](C)(C)C(C)(C)C. The maximum Gasteiger partial charge on any atom is 0.416 e. The zero-order valence-electron chi connectivity index (χ0n) is 22.7. The number of rotatable bonds is 3. The van der Waals surface area contributed by atoms with E-state index in [0.29, 0.717) is 12.1 Å². The van der Waals surface area contributed by atoms with Crippen molar-refractivity contribution in [2.75, 3.05) is 18.6 Å². The molecule has 4 atom stereocenters. The zero-order valence-corrected chi connectivity index (χ0v) is 25.3. The van der Waals surface area contributed by atoms with Gasteiger partial charge in [-0.25, -0.2) is 4.79 Å². The average molecular weight is 581 g/mol. The molecule has 3 amide bonds. The van der Waals surface area contributed by atoms with E-state index in [4.69, 9.17) is 9.16 Å². The largest absolute Gasteiger partial charge is 0.443 e. The van der Waals surface area contributed by atoms with Crippen LogP contribution in [0.25, 0.3) is 0 Å². The third-order valence-electron chi connectivity index (χ3n) is 7.99. The number of ether oxygens (including phenoxy) is 1. The molecule has 1 aromatic rings. The highest BCUT2D eigenvalue weighted by molar-refractivity contribution is 9.09. The Hall–Kier alpha value is -1.91. The van der Waals surface area contributed by atoms with Gasteiger partial charge < -0.3 is 19.0 Å². The first kappa shape index (κ1) is 27.1. The maximum absolute atomic E-state index is 14.1. The number of carbonyl (C=O) groups is 3. The van der Waals surface area contributed by atoms with E-state index in [1.54, 1.807) is 11.9 Å². The monoisotopic (exact) mass is 579 g/mol. The first-order valence-electron chi connectivity index (χ1n) is 12.4. The molecule has 2 saturated heterocycles. The summed E-state index contributed by atoms with van der Waals surface area (Å²) in [6.07, 6.45) is -0.913. The number of para-hydroxylation sites is 1. The molecule has 2 fully saturated rings. The van der Waals surface area contributed by atoms with Gasteiger partial charge >= 0.3 is 6.09 Å². The molecule has 0 aliphatic carbocycles. The molecule has 0 saturated carbocycles. The molecule has 1 aromatic carbocycles. The minimum atomic E-state index is -2.16. The molecule has 0 radical (unpaired) electrons. The van der Waals surface area contributed by atoms with Crippen molar-refractivity contribution in [1.29, 1.82) is 0 Å². The van der Waals surface area contributed by atoms with Crippen molar-refractivity contribution in [3.05, 3.63) is 29.8 Å². The summed E-state index contributed by atoms with van der Waals surface area (Å²) in [5.74, 6) is -0.359. The minimum absolute atomic E-state index is 0.0326. The molecule has 0 spiro atoms. The van der Waals surface area contributed by atoms with Gasteiger partial charge in [0.05, 0.1) is 16.6 Å². The van der Waals surface area contributed by atoms with Gasteiger partial charge in [0.25, 0.3) is 0 Å². The van der Waals surface area contributed by atoms with Crippen LogP contribution in [0.1, 0.15) is 53.5 Å². The van der Waals surface area contributed by atoms with Gasteiger partial charge in [0.15, 0.2) is 8.32 Å². The highest BCUT2D eigenvalue weighted by Crippen LogP contribution is 2.59. The number of benzene rings is 1. The summed E-state index contributed by atoms with van der Waals surface area (Å²) in [5, 5.41) is -0.0326. The minimum Gasteiger partial charge on any atom is -0.443 e. The Morgan fingerprint density at radius 2 is 1.72 bits per heavy atom. The number of carbonyl (C=O) groups excluding carboxylic acids is 3. The van der Waals surface area contributed by atoms with Crippen LogP contribution in [0.5, 0.6) is 0 Å². The third-order valence-corrected chi connectivity index (χ3v) is 13.7. The number of hydrogen-bond donors (Lipinski definition) is 0. The van der Waals surface area contributed by atoms with Gasteiger partial charge in [-0.15, -0.1) is 0 Å².